The van der Waals surface area contributed by atoms with E-state index in [4.69, 9.17) is 16.3 Å². The Morgan fingerprint density at radius 2 is 1.55 bits per heavy atom. The molecular weight excluding hydrogens is 384 g/mol. The van der Waals surface area contributed by atoms with Crippen LogP contribution in [0.2, 0.25) is 5.02 Å². The zero-order chi connectivity index (χ0) is 20.6. The highest BCUT2D eigenvalue weighted by molar-refractivity contribution is 6.30. The number of hydrogen-bond acceptors (Lipinski definition) is 3. The number of benzene rings is 3. The summed E-state index contributed by atoms with van der Waals surface area (Å²) in [7, 11) is 0. The molecule has 0 aliphatic carbocycles. The van der Waals surface area contributed by atoms with Crippen molar-refractivity contribution in [2.75, 3.05) is 11.9 Å². The molecule has 1 amide bonds. The zero-order valence-corrected chi connectivity index (χ0v) is 17.4. The minimum atomic E-state index is -0.206. The number of amides is 1. The average molecular weight is 409 g/mol. The van der Waals surface area contributed by atoms with Crippen molar-refractivity contribution in [3.63, 3.8) is 0 Å². The molecule has 0 fully saturated rings. The molecule has 0 atom stereocenters. The summed E-state index contributed by atoms with van der Waals surface area (Å²) in [5, 5.41) is 6.87. The fourth-order valence-corrected chi connectivity index (χ4v) is 3.05. The van der Waals surface area contributed by atoms with Crippen LogP contribution in [0.3, 0.4) is 0 Å². The van der Waals surface area contributed by atoms with E-state index in [9.17, 15) is 4.79 Å². The highest BCUT2D eigenvalue weighted by Gasteiger charge is 2.09. The Kier molecular flexibility index (Phi) is 7.28. The molecule has 0 spiro atoms. The molecule has 3 aromatic carbocycles. The lowest BCUT2D eigenvalue weighted by molar-refractivity contribution is -0.118. The van der Waals surface area contributed by atoms with Crippen molar-refractivity contribution in [3.8, 4) is 5.75 Å². The Balaban J connectivity index is 1.55. The summed E-state index contributed by atoms with van der Waals surface area (Å²) in [5.74, 6) is 0.437. The van der Waals surface area contributed by atoms with Gasteiger partial charge in [0.15, 0.2) is 6.61 Å². The van der Waals surface area contributed by atoms with Crippen molar-refractivity contribution in [2.45, 2.75) is 26.9 Å². The van der Waals surface area contributed by atoms with E-state index >= 15 is 0 Å². The molecule has 3 aromatic rings. The first-order chi connectivity index (χ1) is 14.0. The highest BCUT2D eigenvalue weighted by Crippen LogP contribution is 2.23. The summed E-state index contributed by atoms with van der Waals surface area (Å²) in [6.07, 6.45) is 0. The number of hydrogen-bond donors (Lipinski definition) is 2. The SMILES string of the molecule is Cc1ccc(CNCc2cc(Cl)ccc2OCC(=O)Nc2ccc(C)cc2)cc1. The van der Waals surface area contributed by atoms with Crippen molar-refractivity contribution >= 4 is 23.2 Å². The third-order valence-corrected chi connectivity index (χ3v) is 4.72. The fraction of sp³-hybridized carbons (Fsp3) is 0.208. The molecule has 0 bridgehead atoms. The Labute approximate surface area is 176 Å². The molecule has 3 rings (SSSR count). The number of nitrogens with one attached hydrogen (secondary N) is 2. The number of anilines is 1. The fourth-order valence-electron chi connectivity index (χ4n) is 2.85. The lowest BCUT2D eigenvalue weighted by atomic mass is 10.1. The van der Waals surface area contributed by atoms with Crippen LogP contribution < -0.4 is 15.4 Å². The maximum absolute atomic E-state index is 12.2. The van der Waals surface area contributed by atoms with Crippen LogP contribution in [0.15, 0.2) is 66.7 Å². The zero-order valence-electron chi connectivity index (χ0n) is 16.7. The second-order valence-electron chi connectivity index (χ2n) is 7.04. The summed E-state index contributed by atoms with van der Waals surface area (Å²) in [6, 6.07) is 21.5. The predicted octanol–water partition coefficient (Wildman–Crippen LogP) is 5.26. The van der Waals surface area contributed by atoms with Gasteiger partial charge in [0.2, 0.25) is 0 Å². The van der Waals surface area contributed by atoms with Crippen molar-refractivity contribution in [3.05, 3.63) is 94.0 Å². The Hall–Kier alpha value is -2.82. The molecule has 0 radical (unpaired) electrons. The Morgan fingerprint density at radius 3 is 2.24 bits per heavy atom. The smallest absolute Gasteiger partial charge is 0.262 e. The minimum absolute atomic E-state index is 0.0690. The van der Waals surface area contributed by atoms with E-state index in [-0.39, 0.29) is 12.5 Å². The van der Waals surface area contributed by atoms with Gasteiger partial charge < -0.3 is 15.4 Å². The molecule has 0 aliphatic rings. The molecule has 0 saturated carbocycles. The van der Waals surface area contributed by atoms with E-state index in [2.05, 4.69) is 41.8 Å². The lowest BCUT2D eigenvalue weighted by Crippen LogP contribution is -2.21. The number of ether oxygens (including phenoxy) is 1. The van der Waals surface area contributed by atoms with Gasteiger partial charge in [-0.1, -0.05) is 59.1 Å². The second kappa shape index (κ2) is 10.1. The maximum Gasteiger partial charge on any atom is 0.262 e. The van der Waals surface area contributed by atoms with Crippen LogP contribution >= 0.6 is 11.6 Å². The van der Waals surface area contributed by atoms with Gasteiger partial charge in [0.1, 0.15) is 5.75 Å². The Bertz CT molecular complexity index is 954. The molecular formula is C24H25ClN2O2. The lowest BCUT2D eigenvalue weighted by Gasteiger charge is -2.13. The van der Waals surface area contributed by atoms with Crippen molar-refractivity contribution < 1.29 is 9.53 Å². The topological polar surface area (TPSA) is 50.4 Å². The van der Waals surface area contributed by atoms with Crippen LogP contribution in [0.1, 0.15) is 22.3 Å². The van der Waals surface area contributed by atoms with E-state index in [1.54, 1.807) is 12.1 Å². The summed E-state index contributed by atoms with van der Waals surface area (Å²) in [4.78, 5) is 12.2. The quantitative estimate of drug-likeness (QED) is 0.534. The second-order valence-corrected chi connectivity index (χ2v) is 7.48. The molecule has 4 nitrogen and oxygen atoms in total. The van der Waals surface area contributed by atoms with Gasteiger partial charge >= 0.3 is 0 Å². The first kappa shape index (κ1) is 20.9. The molecule has 0 heterocycles. The monoisotopic (exact) mass is 408 g/mol. The van der Waals surface area contributed by atoms with Gasteiger partial charge in [0, 0.05) is 29.4 Å². The van der Waals surface area contributed by atoms with Gasteiger partial charge in [-0.3, -0.25) is 4.79 Å². The van der Waals surface area contributed by atoms with Crippen LogP contribution in [0.4, 0.5) is 5.69 Å². The van der Waals surface area contributed by atoms with Gasteiger partial charge in [0.05, 0.1) is 0 Å². The molecule has 0 aliphatic heterocycles. The molecule has 0 unspecified atom stereocenters. The third kappa shape index (κ3) is 6.63. The van der Waals surface area contributed by atoms with Crippen molar-refractivity contribution in [1.82, 2.24) is 5.32 Å². The summed E-state index contributed by atoms with van der Waals surface area (Å²) in [5.41, 5.74) is 5.25. The van der Waals surface area contributed by atoms with Gasteiger partial charge in [-0.2, -0.15) is 0 Å². The summed E-state index contributed by atoms with van der Waals surface area (Å²) >= 11 is 6.15. The number of rotatable bonds is 8. The summed E-state index contributed by atoms with van der Waals surface area (Å²) < 4.78 is 5.76. The maximum atomic E-state index is 12.2. The van der Waals surface area contributed by atoms with Crippen LogP contribution in [0.25, 0.3) is 0 Å². The number of carbonyl (C=O) groups is 1. The molecule has 0 aromatic heterocycles. The van der Waals surface area contributed by atoms with Crippen LogP contribution in [0.5, 0.6) is 5.75 Å². The van der Waals surface area contributed by atoms with Crippen molar-refractivity contribution in [2.24, 2.45) is 0 Å². The van der Waals surface area contributed by atoms with Crippen LogP contribution in [-0.4, -0.2) is 12.5 Å². The average Bonchev–Trinajstić information content (AvgIpc) is 2.70. The van der Waals surface area contributed by atoms with E-state index in [1.165, 1.54) is 11.1 Å². The first-order valence-electron chi connectivity index (χ1n) is 9.53. The Morgan fingerprint density at radius 1 is 0.897 bits per heavy atom. The summed E-state index contributed by atoms with van der Waals surface area (Å²) in [6.45, 7) is 5.33. The first-order valence-corrected chi connectivity index (χ1v) is 9.91. The minimum Gasteiger partial charge on any atom is -0.483 e. The number of carbonyl (C=O) groups excluding carboxylic acids is 1. The number of halogens is 1. The standard InChI is InChI=1S/C24H25ClN2O2/c1-17-3-7-19(8-4-17)14-26-15-20-13-21(25)9-12-23(20)29-16-24(28)27-22-10-5-18(2)6-11-22/h3-13,26H,14-16H2,1-2H3,(H,27,28). The molecule has 29 heavy (non-hydrogen) atoms. The molecule has 2 N–H and O–H groups in total. The van der Waals surface area contributed by atoms with E-state index in [0.29, 0.717) is 17.3 Å². The normalized spacial score (nSPS) is 10.6. The third-order valence-electron chi connectivity index (χ3n) is 4.48. The molecule has 0 saturated heterocycles. The van der Waals surface area contributed by atoms with E-state index < -0.39 is 0 Å². The van der Waals surface area contributed by atoms with E-state index in [1.807, 2.05) is 37.3 Å². The largest absolute Gasteiger partial charge is 0.483 e. The highest BCUT2D eigenvalue weighted by atomic mass is 35.5. The van der Waals surface area contributed by atoms with Crippen LogP contribution in [0, 0.1) is 13.8 Å². The van der Waals surface area contributed by atoms with Crippen molar-refractivity contribution in [1.29, 1.82) is 0 Å². The predicted molar refractivity (Wildman–Crippen MR) is 118 cm³/mol. The van der Waals surface area contributed by atoms with Crippen LogP contribution in [-0.2, 0) is 17.9 Å². The molecule has 5 heteroatoms. The van der Waals surface area contributed by atoms with Gasteiger partial charge in [-0.15, -0.1) is 0 Å². The van der Waals surface area contributed by atoms with Gasteiger partial charge in [-0.25, -0.2) is 0 Å². The molecule has 150 valence electrons. The number of aryl methyl sites for hydroxylation is 2. The van der Waals surface area contributed by atoms with Gasteiger partial charge in [-0.05, 0) is 49.7 Å². The van der Waals surface area contributed by atoms with E-state index in [0.717, 1.165) is 23.4 Å². The van der Waals surface area contributed by atoms with Gasteiger partial charge in [0.25, 0.3) is 5.91 Å².